The van der Waals surface area contributed by atoms with E-state index in [-0.39, 0.29) is 0 Å². The Morgan fingerprint density at radius 2 is 2.26 bits per heavy atom. The van der Waals surface area contributed by atoms with Crippen LogP contribution in [0.3, 0.4) is 0 Å². The fraction of sp³-hybridized carbons (Fsp3) is 0.625. The van der Waals surface area contributed by atoms with E-state index in [2.05, 4.69) is 5.32 Å². The number of piperidine rings is 1. The molecule has 0 saturated carbocycles. The van der Waals surface area contributed by atoms with Gasteiger partial charge >= 0.3 is 0 Å². The van der Waals surface area contributed by atoms with Gasteiger partial charge in [-0.1, -0.05) is 18.6 Å². The number of halogens is 1. The van der Waals surface area contributed by atoms with Crippen molar-refractivity contribution >= 4 is 0 Å². The van der Waals surface area contributed by atoms with E-state index >= 15 is 0 Å². The maximum Gasteiger partial charge on any atom is 0.134 e. The van der Waals surface area contributed by atoms with Gasteiger partial charge in [0.15, 0.2) is 0 Å². The Balaban J connectivity index is 2.06. The van der Waals surface area contributed by atoms with Crippen molar-refractivity contribution in [2.45, 2.75) is 51.2 Å². The van der Waals surface area contributed by atoms with Crippen LogP contribution in [0.1, 0.15) is 45.1 Å². The first-order chi connectivity index (χ1) is 9.12. The molecule has 0 radical (unpaired) electrons. The van der Waals surface area contributed by atoms with E-state index in [1.54, 1.807) is 6.92 Å². The first-order valence-electron chi connectivity index (χ1n) is 7.27. The third kappa shape index (κ3) is 3.93. The molecule has 1 heterocycles. The highest BCUT2D eigenvalue weighted by Gasteiger charge is 2.30. The summed E-state index contributed by atoms with van der Waals surface area (Å²) >= 11 is 0. The number of ether oxygens (including phenoxy) is 1. The van der Waals surface area contributed by atoms with Crippen LogP contribution >= 0.6 is 0 Å². The largest absolute Gasteiger partial charge is 0.494 e. The minimum absolute atomic E-state index is 0.291. The molecule has 0 bridgehead atoms. The first-order valence-corrected chi connectivity index (χ1v) is 7.27. The summed E-state index contributed by atoms with van der Waals surface area (Å²) < 4.78 is 20.4. The lowest BCUT2D eigenvalue weighted by Crippen LogP contribution is -2.38. The van der Waals surface area contributed by atoms with E-state index in [0.717, 1.165) is 18.7 Å². The quantitative estimate of drug-likeness (QED) is 0.874. The molecule has 2 unspecified atom stereocenters. The maximum atomic E-state index is 14.9. The summed E-state index contributed by atoms with van der Waals surface area (Å²) in [7, 11) is 0. The van der Waals surface area contributed by atoms with Gasteiger partial charge in [0.25, 0.3) is 0 Å². The molecule has 2 atom stereocenters. The van der Waals surface area contributed by atoms with Gasteiger partial charge in [0.05, 0.1) is 6.61 Å². The molecule has 2 nitrogen and oxygen atoms in total. The van der Waals surface area contributed by atoms with E-state index in [4.69, 9.17) is 4.74 Å². The number of hydrogen-bond donors (Lipinski definition) is 1. The average molecular weight is 265 g/mol. The summed E-state index contributed by atoms with van der Waals surface area (Å²) in [6.07, 6.45) is 4.01. The second-order valence-electron chi connectivity index (χ2n) is 5.51. The predicted octanol–water partition coefficient (Wildman–Crippen LogP) is 3.80. The van der Waals surface area contributed by atoms with Gasteiger partial charge in [0.1, 0.15) is 11.4 Å². The minimum atomic E-state index is -1.30. The Labute approximate surface area is 115 Å². The molecule has 1 aromatic carbocycles. The summed E-state index contributed by atoms with van der Waals surface area (Å²) in [6, 6.07) is 7.71. The highest BCUT2D eigenvalue weighted by molar-refractivity contribution is 5.32. The van der Waals surface area contributed by atoms with Crippen LogP contribution in [0.5, 0.6) is 5.75 Å². The molecule has 0 spiro atoms. The van der Waals surface area contributed by atoms with Crippen LogP contribution in [0.25, 0.3) is 0 Å². The highest BCUT2D eigenvalue weighted by atomic mass is 19.1. The molecule has 1 aliphatic heterocycles. The smallest absolute Gasteiger partial charge is 0.134 e. The molecule has 1 fully saturated rings. The van der Waals surface area contributed by atoms with Gasteiger partial charge in [-0.05, 0) is 50.9 Å². The van der Waals surface area contributed by atoms with E-state index in [0.29, 0.717) is 24.6 Å². The van der Waals surface area contributed by atoms with E-state index in [1.165, 1.54) is 12.8 Å². The summed E-state index contributed by atoms with van der Waals surface area (Å²) in [6.45, 7) is 5.23. The van der Waals surface area contributed by atoms with Crippen LogP contribution in [0, 0.1) is 0 Å². The Kier molecular flexibility index (Phi) is 4.81. The van der Waals surface area contributed by atoms with Gasteiger partial charge in [-0.3, -0.25) is 0 Å². The molecular weight excluding hydrogens is 241 g/mol. The van der Waals surface area contributed by atoms with Crippen molar-refractivity contribution in [1.82, 2.24) is 5.32 Å². The molecule has 3 heteroatoms. The van der Waals surface area contributed by atoms with Crippen molar-refractivity contribution in [3.05, 3.63) is 29.8 Å². The Morgan fingerprint density at radius 3 is 2.95 bits per heavy atom. The molecule has 1 saturated heterocycles. The number of hydrogen-bond acceptors (Lipinski definition) is 2. The van der Waals surface area contributed by atoms with Crippen molar-refractivity contribution < 1.29 is 9.13 Å². The van der Waals surface area contributed by atoms with Crippen molar-refractivity contribution in [3.63, 3.8) is 0 Å². The Morgan fingerprint density at radius 1 is 1.42 bits per heavy atom. The number of alkyl halides is 1. The van der Waals surface area contributed by atoms with Crippen molar-refractivity contribution in [2.75, 3.05) is 13.2 Å². The first kappa shape index (κ1) is 14.3. The lowest BCUT2D eigenvalue weighted by molar-refractivity contribution is 0.145. The monoisotopic (exact) mass is 265 g/mol. The number of rotatable bonds is 5. The molecule has 2 rings (SSSR count). The minimum Gasteiger partial charge on any atom is -0.494 e. The molecule has 0 amide bonds. The Hall–Kier alpha value is -1.09. The summed E-state index contributed by atoms with van der Waals surface area (Å²) in [4.78, 5) is 0. The normalized spacial score (nSPS) is 22.8. The lowest BCUT2D eigenvalue weighted by atomic mass is 9.87. The molecule has 1 N–H and O–H groups in total. The zero-order valence-electron chi connectivity index (χ0n) is 11.9. The third-order valence-electron chi connectivity index (χ3n) is 3.79. The molecular formula is C16H24FNO. The average Bonchev–Trinajstić information content (AvgIpc) is 2.40. The number of nitrogens with one attached hydrogen (secondary N) is 1. The van der Waals surface area contributed by atoms with Crippen LogP contribution in [-0.2, 0) is 5.67 Å². The molecule has 1 aromatic rings. The zero-order valence-corrected chi connectivity index (χ0v) is 11.9. The van der Waals surface area contributed by atoms with E-state index in [1.807, 2.05) is 31.2 Å². The van der Waals surface area contributed by atoms with Crippen LogP contribution < -0.4 is 10.1 Å². The van der Waals surface area contributed by atoms with Gasteiger partial charge in [-0.15, -0.1) is 0 Å². The van der Waals surface area contributed by atoms with Crippen LogP contribution in [0.4, 0.5) is 4.39 Å². The Bertz CT molecular complexity index is 399. The van der Waals surface area contributed by atoms with Gasteiger partial charge in [-0.25, -0.2) is 4.39 Å². The topological polar surface area (TPSA) is 21.3 Å². The highest BCUT2D eigenvalue weighted by Crippen LogP contribution is 2.34. The van der Waals surface area contributed by atoms with Crippen molar-refractivity contribution in [3.8, 4) is 5.75 Å². The second kappa shape index (κ2) is 6.38. The van der Waals surface area contributed by atoms with Gasteiger partial charge in [0.2, 0.25) is 0 Å². The third-order valence-corrected chi connectivity index (χ3v) is 3.79. The maximum absolute atomic E-state index is 14.9. The van der Waals surface area contributed by atoms with E-state index < -0.39 is 5.67 Å². The summed E-state index contributed by atoms with van der Waals surface area (Å²) in [5.41, 5.74) is -0.590. The van der Waals surface area contributed by atoms with Crippen molar-refractivity contribution in [1.29, 1.82) is 0 Å². The van der Waals surface area contributed by atoms with Crippen LogP contribution in [0.2, 0.25) is 0 Å². The SMILES string of the molecule is CCOc1cccc(C(C)(F)CC2CCCCN2)c1. The van der Waals surface area contributed by atoms with Gasteiger partial charge in [-0.2, -0.15) is 0 Å². The number of benzene rings is 1. The fourth-order valence-electron chi connectivity index (χ4n) is 2.76. The molecule has 19 heavy (non-hydrogen) atoms. The molecule has 0 aromatic heterocycles. The van der Waals surface area contributed by atoms with Crippen LogP contribution in [0.15, 0.2) is 24.3 Å². The predicted molar refractivity (Wildman–Crippen MR) is 76.3 cm³/mol. The lowest BCUT2D eigenvalue weighted by Gasteiger charge is -2.30. The zero-order chi connectivity index (χ0) is 13.7. The van der Waals surface area contributed by atoms with Crippen molar-refractivity contribution in [2.24, 2.45) is 0 Å². The fourth-order valence-corrected chi connectivity index (χ4v) is 2.76. The standard InChI is InChI=1S/C16H24FNO/c1-3-19-15-9-6-7-13(11-15)16(2,17)12-14-8-4-5-10-18-14/h6-7,9,11,14,18H,3-5,8,10,12H2,1-2H3. The molecule has 0 aliphatic carbocycles. The summed E-state index contributed by atoms with van der Waals surface area (Å²) in [5.74, 6) is 0.750. The van der Waals surface area contributed by atoms with E-state index in [9.17, 15) is 4.39 Å². The molecule has 1 aliphatic rings. The second-order valence-corrected chi connectivity index (χ2v) is 5.51. The van der Waals surface area contributed by atoms with Crippen LogP contribution in [-0.4, -0.2) is 19.2 Å². The summed E-state index contributed by atoms with van der Waals surface area (Å²) in [5, 5.41) is 3.41. The van der Waals surface area contributed by atoms with Gasteiger partial charge in [0, 0.05) is 12.5 Å². The van der Waals surface area contributed by atoms with Gasteiger partial charge < -0.3 is 10.1 Å². The molecule has 106 valence electrons.